The molecule has 6 nitrogen and oxygen atoms in total. The van der Waals surface area contributed by atoms with Gasteiger partial charge in [0.2, 0.25) is 0 Å². The lowest BCUT2D eigenvalue weighted by Gasteiger charge is -2.27. The van der Waals surface area contributed by atoms with Gasteiger partial charge in [0.05, 0.1) is 11.8 Å². The minimum Gasteiger partial charge on any atom is -0.422 e. The molecular formula is C23H21NO5S. The molecule has 7 heteroatoms. The maximum atomic E-state index is 13.5. The molecule has 1 atom stereocenters. The summed E-state index contributed by atoms with van der Waals surface area (Å²) in [5.41, 5.74) is 1.09. The van der Waals surface area contributed by atoms with Crippen molar-refractivity contribution >= 4 is 32.4 Å². The second-order valence-electron chi connectivity index (χ2n) is 7.63. The molecule has 154 valence electrons. The lowest BCUT2D eigenvalue weighted by atomic mass is 10.0. The second kappa shape index (κ2) is 7.57. The van der Waals surface area contributed by atoms with Crippen molar-refractivity contribution in [2.45, 2.75) is 25.8 Å². The van der Waals surface area contributed by atoms with Gasteiger partial charge in [-0.1, -0.05) is 44.2 Å². The Bertz CT molecular complexity index is 1300. The molecule has 2 aromatic carbocycles. The Hall–Kier alpha value is -3.19. The molecule has 0 saturated heterocycles. The fourth-order valence-electron chi connectivity index (χ4n) is 3.54. The van der Waals surface area contributed by atoms with E-state index in [1.807, 2.05) is 12.1 Å². The third kappa shape index (κ3) is 3.80. The highest BCUT2D eigenvalue weighted by Crippen LogP contribution is 2.27. The van der Waals surface area contributed by atoms with E-state index in [1.165, 1.54) is 17.0 Å². The van der Waals surface area contributed by atoms with Crippen LogP contribution in [0, 0.1) is 0 Å². The molecule has 1 aliphatic rings. The summed E-state index contributed by atoms with van der Waals surface area (Å²) in [6, 6.07) is 15.0. The third-order valence-corrected chi connectivity index (χ3v) is 6.55. The van der Waals surface area contributed by atoms with E-state index in [2.05, 4.69) is 13.8 Å². The van der Waals surface area contributed by atoms with E-state index in [-0.39, 0.29) is 11.3 Å². The first-order valence-electron chi connectivity index (χ1n) is 9.62. The molecule has 0 saturated carbocycles. The van der Waals surface area contributed by atoms with E-state index in [0.29, 0.717) is 22.6 Å². The maximum Gasteiger partial charge on any atom is 0.349 e. The zero-order valence-electron chi connectivity index (χ0n) is 16.6. The molecule has 0 radical (unpaired) electrons. The predicted octanol–water partition coefficient (Wildman–Crippen LogP) is 3.87. The van der Waals surface area contributed by atoms with Crippen LogP contribution >= 0.6 is 0 Å². The number of nitrogens with zero attached hydrogens (tertiary/aromatic N) is 1. The molecule has 0 spiro atoms. The minimum atomic E-state index is -3.41. The highest BCUT2D eigenvalue weighted by molar-refractivity contribution is 7.94. The Labute approximate surface area is 174 Å². The summed E-state index contributed by atoms with van der Waals surface area (Å²) in [7, 11) is -3.41. The summed E-state index contributed by atoms with van der Waals surface area (Å²) < 4.78 is 29.3. The van der Waals surface area contributed by atoms with Crippen LogP contribution in [0.1, 0.15) is 35.7 Å². The Kier molecular flexibility index (Phi) is 5.07. The van der Waals surface area contributed by atoms with Gasteiger partial charge in [-0.25, -0.2) is 13.2 Å². The molecule has 1 aliphatic heterocycles. The van der Waals surface area contributed by atoms with Gasteiger partial charge >= 0.3 is 5.63 Å². The van der Waals surface area contributed by atoms with Gasteiger partial charge in [-0.3, -0.25) is 4.79 Å². The highest BCUT2D eigenvalue weighted by Gasteiger charge is 2.33. The molecule has 0 unspecified atom stereocenters. The molecule has 2 heterocycles. The average Bonchev–Trinajstić information content (AvgIpc) is 3.07. The summed E-state index contributed by atoms with van der Waals surface area (Å²) >= 11 is 0. The number of carbonyl (C=O) groups excluding carboxylic acids is 1. The number of carbonyl (C=O) groups is 1. The SMILES string of the molecule is CC(C)c1ccc(N(C(=O)c2cc3ccccc3oc2=O)[C@@H]2C=CS(=O)(=O)C2)cc1. The number of benzene rings is 2. The molecule has 0 fully saturated rings. The van der Waals surface area contributed by atoms with Crippen molar-refractivity contribution < 1.29 is 17.6 Å². The summed E-state index contributed by atoms with van der Waals surface area (Å²) in [5.74, 6) is -0.523. The van der Waals surface area contributed by atoms with Crippen LogP contribution in [0.15, 0.2) is 75.3 Å². The van der Waals surface area contributed by atoms with E-state index in [0.717, 1.165) is 11.0 Å². The van der Waals surface area contributed by atoms with Crippen LogP contribution in [-0.4, -0.2) is 26.1 Å². The van der Waals surface area contributed by atoms with Gasteiger partial charge < -0.3 is 9.32 Å². The van der Waals surface area contributed by atoms with E-state index in [1.54, 1.807) is 36.4 Å². The number of fused-ring (bicyclic) bond motifs is 1. The van der Waals surface area contributed by atoms with Gasteiger partial charge in [0.15, 0.2) is 9.84 Å². The lowest BCUT2D eigenvalue weighted by molar-refractivity contribution is 0.0979. The van der Waals surface area contributed by atoms with Crippen LogP contribution in [0.2, 0.25) is 0 Å². The van der Waals surface area contributed by atoms with Gasteiger partial charge in [-0.05, 0) is 41.8 Å². The topological polar surface area (TPSA) is 84.7 Å². The molecule has 1 amide bonds. The molecule has 0 bridgehead atoms. The fourth-order valence-corrected chi connectivity index (χ4v) is 4.81. The largest absolute Gasteiger partial charge is 0.422 e. The monoisotopic (exact) mass is 423 g/mol. The van der Waals surface area contributed by atoms with Crippen molar-refractivity contribution in [3.8, 4) is 0 Å². The molecule has 4 rings (SSSR count). The van der Waals surface area contributed by atoms with Gasteiger partial charge in [0.1, 0.15) is 11.1 Å². The first kappa shape index (κ1) is 20.1. The van der Waals surface area contributed by atoms with E-state index in [4.69, 9.17) is 4.42 Å². The average molecular weight is 423 g/mol. The molecule has 0 N–H and O–H groups in total. The molecule has 30 heavy (non-hydrogen) atoms. The van der Waals surface area contributed by atoms with Crippen molar-refractivity contribution in [2.24, 2.45) is 0 Å². The summed E-state index contributed by atoms with van der Waals surface area (Å²) in [6.45, 7) is 4.12. The number of hydrogen-bond donors (Lipinski definition) is 0. The van der Waals surface area contributed by atoms with Crippen molar-refractivity contribution in [2.75, 3.05) is 10.7 Å². The first-order valence-corrected chi connectivity index (χ1v) is 11.3. The Balaban J connectivity index is 1.81. The molecular weight excluding hydrogens is 402 g/mol. The van der Waals surface area contributed by atoms with Crippen LogP contribution in [0.4, 0.5) is 5.69 Å². The van der Waals surface area contributed by atoms with Crippen molar-refractivity contribution in [1.29, 1.82) is 0 Å². The summed E-state index contributed by atoms with van der Waals surface area (Å²) in [6.07, 6.45) is 1.48. The predicted molar refractivity (Wildman–Crippen MR) is 117 cm³/mol. The third-order valence-electron chi connectivity index (χ3n) is 5.17. The fraction of sp³-hybridized carbons (Fsp3) is 0.217. The van der Waals surface area contributed by atoms with Gasteiger partial charge in [-0.15, -0.1) is 0 Å². The van der Waals surface area contributed by atoms with Crippen LogP contribution in [0.25, 0.3) is 11.0 Å². The molecule has 1 aromatic heterocycles. The van der Waals surface area contributed by atoms with E-state index in [9.17, 15) is 18.0 Å². The van der Waals surface area contributed by atoms with Gasteiger partial charge in [0.25, 0.3) is 5.91 Å². The van der Waals surface area contributed by atoms with Crippen LogP contribution in [0.3, 0.4) is 0 Å². The standard InChI is InChI=1S/C23H21NO5S/c1-15(2)16-7-9-18(10-8-16)24(19-11-12-30(27,28)14-19)22(25)20-13-17-5-3-4-6-21(17)29-23(20)26/h3-13,15,19H,14H2,1-2H3/t19-/m1/s1. The minimum absolute atomic E-state index is 0.140. The zero-order chi connectivity index (χ0) is 21.5. The Morgan fingerprint density at radius 2 is 1.80 bits per heavy atom. The number of amides is 1. The Morgan fingerprint density at radius 3 is 2.43 bits per heavy atom. The van der Waals surface area contributed by atoms with E-state index < -0.39 is 27.4 Å². The number of rotatable bonds is 4. The molecule has 0 aliphatic carbocycles. The van der Waals surface area contributed by atoms with Crippen LogP contribution in [0.5, 0.6) is 0 Å². The van der Waals surface area contributed by atoms with Crippen molar-refractivity contribution in [1.82, 2.24) is 0 Å². The maximum absolute atomic E-state index is 13.5. The van der Waals surface area contributed by atoms with Crippen LogP contribution in [-0.2, 0) is 9.84 Å². The normalized spacial score (nSPS) is 17.5. The Morgan fingerprint density at radius 1 is 1.10 bits per heavy atom. The first-order chi connectivity index (χ1) is 14.2. The zero-order valence-corrected chi connectivity index (χ0v) is 17.4. The van der Waals surface area contributed by atoms with Crippen molar-refractivity contribution in [3.05, 3.63) is 87.6 Å². The second-order valence-corrected chi connectivity index (χ2v) is 9.56. The number of hydrogen-bond acceptors (Lipinski definition) is 5. The van der Waals surface area contributed by atoms with E-state index >= 15 is 0 Å². The number of sulfone groups is 1. The number of anilines is 1. The van der Waals surface area contributed by atoms with Gasteiger partial charge in [0, 0.05) is 16.5 Å². The summed E-state index contributed by atoms with van der Waals surface area (Å²) in [4.78, 5) is 27.4. The quantitative estimate of drug-likeness (QED) is 0.595. The van der Waals surface area contributed by atoms with Crippen LogP contribution < -0.4 is 10.5 Å². The number of para-hydroxylation sites is 1. The highest BCUT2D eigenvalue weighted by atomic mass is 32.2. The lowest BCUT2D eigenvalue weighted by Crippen LogP contribution is -2.42. The smallest absolute Gasteiger partial charge is 0.349 e. The van der Waals surface area contributed by atoms with Crippen molar-refractivity contribution in [3.63, 3.8) is 0 Å². The van der Waals surface area contributed by atoms with Gasteiger partial charge in [-0.2, -0.15) is 0 Å². The molecule has 3 aromatic rings. The summed E-state index contributed by atoms with van der Waals surface area (Å²) in [5, 5.41) is 1.73.